The first-order valence-electron chi connectivity index (χ1n) is 10.2. The van der Waals surface area contributed by atoms with E-state index in [1.54, 1.807) is 11.3 Å². The summed E-state index contributed by atoms with van der Waals surface area (Å²) in [7, 11) is 0. The first kappa shape index (κ1) is 21.5. The number of benzene rings is 1. The van der Waals surface area contributed by atoms with Crippen molar-refractivity contribution in [1.29, 1.82) is 0 Å². The maximum absolute atomic E-state index is 13.0. The van der Waals surface area contributed by atoms with Gasteiger partial charge < -0.3 is 5.32 Å². The second-order valence-electron chi connectivity index (χ2n) is 7.98. The molecule has 0 aliphatic carbocycles. The van der Waals surface area contributed by atoms with Crippen LogP contribution in [0.5, 0.6) is 0 Å². The predicted molar refractivity (Wildman–Crippen MR) is 128 cm³/mol. The van der Waals surface area contributed by atoms with Gasteiger partial charge in [0, 0.05) is 9.75 Å². The highest BCUT2D eigenvalue weighted by molar-refractivity contribution is 7.18. The molecule has 0 fully saturated rings. The second-order valence-corrected chi connectivity index (χ2v) is 10.2. The Morgan fingerprint density at radius 3 is 2.48 bits per heavy atom. The summed E-state index contributed by atoms with van der Waals surface area (Å²) in [5.74, 6) is 0.224. The molecule has 4 aromatic rings. The molecule has 0 saturated carbocycles. The van der Waals surface area contributed by atoms with E-state index in [1.807, 2.05) is 31.4 Å². The molecule has 1 N–H and O–H groups in total. The molecule has 3 aromatic heterocycles. The number of thiophene rings is 2. The number of fused-ring (bicyclic) bond motifs is 1. The van der Waals surface area contributed by atoms with Crippen molar-refractivity contribution in [2.24, 2.45) is 0 Å². The lowest BCUT2D eigenvalue weighted by atomic mass is 9.98. The van der Waals surface area contributed by atoms with E-state index in [0.717, 1.165) is 25.7 Å². The number of amides is 1. The SMILES string of the molecule is Cc1sc2ncn(CC(=O)NC(c3ccc(C(C)C)cc3)c3cccs3)c(=O)c2c1C. The molecule has 4 rings (SSSR count). The molecule has 0 saturated heterocycles. The molecular weight excluding hydrogens is 426 g/mol. The second kappa shape index (κ2) is 8.77. The van der Waals surface area contributed by atoms with Crippen LogP contribution < -0.4 is 10.9 Å². The van der Waals surface area contributed by atoms with Crippen LogP contribution in [0, 0.1) is 13.8 Å². The average Bonchev–Trinajstić information content (AvgIpc) is 3.37. The fourth-order valence-electron chi connectivity index (χ4n) is 3.59. The third-order valence-electron chi connectivity index (χ3n) is 5.54. The van der Waals surface area contributed by atoms with Crippen molar-refractivity contribution in [2.75, 3.05) is 0 Å². The largest absolute Gasteiger partial charge is 0.343 e. The summed E-state index contributed by atoms with van der Waals surface area (Å²) in [5.41, 5.74) is 3.04. The Morgan fingerprint density at radius 1 is 1.13 bits per heavy atom. The van der Waals surface area contributed by atoms with Gasteiger partial charge in [0.15, 0.2) is 0 Å². The third kappa shape index (κ3) is 4.34. The van der Waals surface area contributed by atoms with Crippen molar-refractivity contribution in [3.63, 3.8) is 0 Å². The van der Waals surface area contributed by atoms with Crippen LogP contribution in [0.4, 0.5) is 0 Å². The van der Waals surface area contributed by atoms with Gasteiger partial charge in [-0.3, -0.25) is 14.2 Å². The molecule has 1 amide bonds. The van der Waals surface area contributed by atoms with E-state index in [2.05, 4.69) is 48.4 Å². The molecule has 0 aliphatic rings. The van der Waals surface area contributed by atoms with Gasteiger partial charge >= 0.3 is 0 Å². The van der Waals surface area contributed by atoms with Crippen LogP contribution in [0.2, 0.25) is 0 Å². The Bertz CT molecular complexity index is 1270. The smallest absolute Gasteiger partial charge is 0.262 e. The number of carbonyl (C=O) groups excluding carboxylic acids is 1. The molecule has 160 valence electrons. The van der Waals surface area contributed by atoms with Crippen LogP contribution in [-0.4, -0.2) is 15.5 Å². The van der Waals surface area contributed by atoms with E-state index in [1.165, 1.54) is 27.8 Å². The first-order valence-corrected chi connectivity index (χ1v) is 11.9. The van der Waals surface area contributed by atoms with Crippen molar-refractivity contribution in [3.05, 3.63) is 84.9 Å². The average molecular weight is 452 g/mol. The minimum absolute atomic E-state index is 0.0674. The van der Waals surface area contributed by atoms with Crippen molar-refractivity contribution in [3.8, 4) is 0 Å². The number of nitrogens with one attached hydrogen (secondary N) is 1. The van der Waals surface area contributed by atoms with Crippen molar-refractivity contribution < 1.29 is 4.79 Å². The van der Waals surface area contributed by atoms with Gasteiger partial charge in [-0.2, -0.15) is 0 Å². The predicted octanol–water partition coefficient (Wildman–Crippen LogP) is 5.17. The van der Waals surface area contributed by atoms with E-state index >= 15 is 0 Å². The summed E-state index contributed by atoms with van der Waals surface area (Å²) in [4.78, 5) is 33.1. The lowest BCUT2D eigenvalue weighted by molar-refractivity contribution is -0.122. The van der Waals surface area contributed by atoms with E-state index in [0.29, 0.717) is 11.3 Å². The number of carbonyl (C=O) groups is 1. The Kier molecular flexibility index (Phi) is 6.07. The monoisotopic (exact) mass is 451 g/mol. The van der Waals surface area contributed by atoms with Gasteiger partial charge in [0.05, 0.1) is 17.8 Å². The van der Waals surface area contributed by atoms with Crippen LogP contribution in [0.3, 0.4) is 0 Å². The van der Waals surface area contributed by atoms with Crippen LogP contribution in [0.25, 0.3) is 10.2 Å². The zero-order valence-corrected chi connectivity index (χ0v) is 19.6. The standard InChI is InChI=1S/C24H25N3O2S2/c1-14(2)17-7-9-18(10-8-17)22(19-6-5-11-30-19)26-20(28)12-27-13-25-23-21(24(27)29)15(3)16(4)31-23/h5-11,13-14,22H,12H2,1-4H3,(H,26,28). The number of hydrogen-bond acceptors (Lipinski definition) is 5. The summed E-state index contributed by atoms with van der Waals surface area (Å²) in [6.07, 6.45) is 1.47. The van der Waals surface area contributed by atoms with Crippen molar-refractivity contribution in [1.82, 2.24) is 14.9 Å². The van der Waals surface area contributed by atoms with Crippen LogP contribution >= 0.6 is 22.7 Å². The summed E-state index contributed by atoms with van der Waals surface area (Å²) in [6, 6.07) is 12.1. The Hall–Kier alpha value is -2.77. The first-order chi connectivity index (χ1) is 14.8. The molecule has 0 aliphatic heterocycles. The maximum atomic E-state index is 13.0. The quantitative estimate of drug-likeness (QED) is 0.440. The Morgan fingerprint density at radius 2 is 1.84 bits per heavy atom. The van der Waals surface area contributed by atoms with Gasteiger partial charge in [-0.15, -0.1) is 22.7 Å². The van der Waals surface area contributed by atoms with Gasteiger partial charge in [0.1, 0.15) is 11.4 Å². The van der Waals surface area contributed by atoms with Gasteiger partial charge in [0.2, 0.25) is 5.91 Å². The lowest BCUT2D eigenvalue weighted by Crippen LogP contribution is -2.35. The molecule has 5 nitrogen and oxygen atoms in total. The molecule has 0 spiro atoms. The Balaban J connectivity index is 1.60. The van der Waals surface area contributed by atoms with Crippen molar-refractivity contribution >= 4 is 38.8 Å². The highest BCUT2D eigenvalue weighted by Gasteiger charge is 2.20. The fourth-order valence-corrected chi connectivity index (χ4v) is 5.38. The number of aryl methyl sites for hydroxylation is 2. The molecule has 31 heavy (non-hydrogen) atoms. The normalized spacial score (nSPS) is 12.4. The molecule has 0 bridgehead atoms. The van der Waals surface area contributed by atoms with Gasteiger partial charge in [-0.05, 0) is 47.9 Å². The maximum Gasteiger partial charge on any atom is 0.262 e. The molecule has 1 aromatic carbocycles. The molecular formula is C24H25N3O2S2. The van der Waals surface area contributed by atoms with E-state index in [-0.39, 0.29) is 24.1 Å². The van der Waals surface area contributed by atoms with Crippen molar-refractivity contribution in [2.45, 2.75) is 46.2 Å². The van der Waals surface area contributed by atoms with Crippen LogP contribution in [0.1, 0.15) is 52.3 Å². The lowest BCUT2D eigenvalue weighted by Gasteiger charge is -2.19. The summed E-state index contributed by atoms with van der Waals surface area (Å²) in [5, 5.41) is 5.72. The molecule has 1 unspecified atom stereocenters. The van der Waals surface area contributed by atoms with Gasteiger partial charge in [-0.25, -0.2) is 4.98 Å². The van der Waals surface area contributed by atoms with E-state index < -0.39 is 0 Å². The molecule has 1 atom stereocenters. The van der Waals surface area contributed by atoms with Gasteiger partial charge in [0.25, 0.3) is 5.56 Å². The highest BCUT2D eigenvalue weighted by atomic mass is 32.1. The van der Waals surface area contributed by atoms with E-state index in [4.69, 9.17) is 0 Å². The van der Waals surface area contributed by atoms with Gasteiger partial charge in [-0.1, -0.05) is 44.2 Å². The Labute approximate surface area is 189 Å². The minimum atomic E-state index is -0.258. The van der Waals surface area contributed by atoms with Crippen LogP contribution in [0.15, 0.2) is 52.9 Å². The number of hydrogen-bond donors (Lipinski definition) is 1. The molecule has 0 radical (unpaired) electrons. The van der Waals surface area contributed by atoms with Crippen LogP contribution in [-0.2, 0) is 11.3 Å². The summed E-state index contributed by atoms with van der Waals surface area (Å²) in [6.45, 7) is 8.16. The third-order valence-corrected chi connectivity index (χ3v) is 7.59. The van der Waals surface area contributed by atoms with E-state index in [9.17, 15) is 9.59 Å². The zero-order valence-electron chi connectivity index (χ0n) is 18.0. The number of aromatic nitrogens is 2. The summed E-state index contributed by atoms with van der Waals surface area (Å²) >= 11 is 3.11. The topological polar surface area (TPSA) is 64.0 Å². The fraction of sp³-hybridized carbons (Fsp3) is 0.292. The summed E-state index contributed by atoms with van der Waals surface area (Å²) < 4.78 is 1.39. The molecule has 7 heteroatoms. The minimum Gasteiger partial charge on any atom is -0.343 e. The molecule has 3 heterocycles. The number of rotatable bonds is 6. The highest BCUT2D eigenvalue weighted by Crippen LogP contribution is 2.28. The zero-order chi connectivity index (χ0) is 22.1. The number of nitrogens with zero attached hydrogens (tertiary/aromatic N) is 2.